The molecule has 3 nitrogen and oxygen atoms in total. The molecule has 0 bridgehead atoms. The summed E-state index contributed by atoms with van der Waals surface area (Å²) < 4.78 is 0. The molecule has 0 atom stereocenters. The van der Waals surface area contributed by atoms with Crippen molar-refractivity contribution in [3.8, 4) is 0 Å². The molecule has 0 aromatic heterocycles. The van der Waals surface area contributed by atoms with Crippen LogP contribution in [-0.2, 0) is 0 Å². The summed E-state index contributed by atoms with van der Waals surface area (Å²) in [6.45, 7) is 7.86. The third-order valence-electron chi connectivity index (χ3n) is 2.13. The first kappa shape index (κ1) is 12.6. The summed E-state index contributed by atoms with van der Waals surface area (Å²) in [4.78, 5) is 12.3. The van der Waals surface area contributed by atoms with E-state index in [1.54, 1.807) is 0 Å². The molecule has 0 amide bonds. The minimum atomic E-state index is 0.437. The predicted molar refractivity (Wildman–Crippen MR) is 56.9 cm³/mol. The maximum Gasteiger partial charge on any atom is 0.0938 e. The van der Waals surface area contributed by atoms with Gasteiger partial charge in [0, 0.05) is 6.54 Å². The van der Waals surface area contributed by atoms with Crippen LogP contribution in [0.4, 0.5) is 0 Å². The summed E-state index contributed by atoms with van der Waals surface area (Å²) in [7, 11) is 0. The molecule has 0 aliphatic rings. The molecule has 0 aliphatic carbocycles. The van der Waals surface area contributed by atoms with E-state index in [2.05, 4.69) is 23.9 Å². The van der Waals surface area contributed by atoms with Crippen molar-refractivity contribution in [2.24, 2.45) is 5.18 Å². The van der Waals surface area contributed by atoms with Gasteiger partial charge in [-0.1, -0.05) is 31.9 Å². The second-order valence-corrected chi connectivity index (χ2v) is 3.40. The van der Waals surface area contributed by atoms with Gasteiger partial charge < -0.3 is 4.90 Å². The zero-order valence-electron chi connectivity index (χ0n) is 8.96. The molecule has 0 aliphatic heterocycles. The van der Waals surface area contributed by atoms with Crippen molar-refractivity contribution >= 4 is 0 Å². The van der Waals surface area contributed by atoms with Gasteiger partial charge in [-0.05, 0) is 25.9 Å². The fraction of sp³-hybridized carbons (Fsp3) is 1.00. The molecule has 0 unspecified atom stereocenters. The average molecular weight is 186 g/mol. The van der Waals surface area contributed by atoms with Crippen LogP contribution in [-0.4, -0.2) is 31.1 Å². The Kier molecular flexibility index (Phi) is 9.32. The van der Waals surface area contributed by atoms with Crippen LogP contribution < -0.4 is 0 Å². The summed E-state index contributed by atoms with van der Waals surface area (Å²) in [5.74, 6) is 0. The predicted octanol–water partition coefficient (Wildman–Crippen LogP) is 2.66. The molecular formula is C10H22N2O. The third-order valence-corrected chi connectivity index (χ3v) is 2.13. The summed E-state index contributed by atoms with van der Waals surface area (Å²) in [5, 5.41) is 2.89. The molecule has 3 heteroatoms. The largest absolute Gasteiger partial charge is 0.301 e. The number of hydrogen-bond donors (Lipinski definition) is 0. The Balaban J connectivity index is 3.46. The van der Waals surface area contributed by atoms with Gasteiger partial charge >= 0.3 is 0 Å². The van der Waals surface area contributed by atoms with Crippen LogP contribution >= 0.6 is 0 Å². The van der Waals surface area contributed by atoms with Crippen LogP contribution in [0.5, 0.6) is 0 Å². The molecular weight excluding hydrogens is 164 g/mol. The van der Waals surface area contributed by atoms with Crippen molar-refractivity contribution in [1.82, 2.24) is 4.90 Å². The first-order chi connectivity index (χ1) is 6.35. The van der Waals surface area contributed by atoms with Crippen molar-refractivity contribution in [3.63, 3.8) is 0 Å². The van der Waals surface area contributed by atoms with Crippen LogP contribution in [0, 0.1) is 4.91 Å². The SMILES string of the molecule is CCCCCN(CCC)CCN=O. The van der Waals surface area contributed by atoms with E-state index >= 15 is 0 Å². The van der Waals surface area contributed by atoms with Gasteiger partial charge in [0.2, 0.25) is 0 Å². The highest BCUT2D eigenvalue weighted by atomic mass is 16.3. The second kappa shape index (κ2) is 9.65. The van der Waals surface area contributed by atoms with Crippen molar-refractivity contribution in [1.29, 1.82) is 0 Å². The van der Waals surface area contributed by atoms with Crippen LogP contribution in [0.25, 0.3) is 0 Å². The lowest BCUT2D eigenvalue weighted by Crippen LogP contribution is -2.28. The zero-order chi connectivity index (χ0) is 9.94. The normalized spacial score (nSPS) is 10.7. The molecule has 0 rings (SSSR count). The van der Waals surface area contributed by atoms with E-state index in [9.17, 15) is 4.91 Å². The molecule has 0 fully saturated rings. The Morgan fingerprint density at radius 1 is 1.00 bits per heavy atom. The molecule has 0 aromatic rings. The zero-order valence-corrected chi connectivity index (χ0v) is 8.96. The van der Waals surface area contributed by atoms with Gasteiger partial charge in [-0.3, -0.25) is 0 Å². The van der Waals surface area contributed by atoms with Gasteiger partial charge in [-0.15, -0.1) is 0 Å². The van der Waals surface area contributed by atoms with Gasteiger partial charge in [0.25, 0.3) is 0 Å². The van der Waals surface area contributed by atoms with Gasteiger partial charge in [0.15, 0.2) is 0 Å². The van der Waals surface area contributed by atoms with Crippen LogP contribution in [0.15, 0.2) is 5.18 Å². The first-order valence-electron chi connectivity index (χ1n) is 5.36. The third kappa shape index (κ3) is 7.91. The van der Waals surface area contributed by atoms with E-state index in [0.717, 1.165) is 26.1 Å². The van der Waals surface area contributed by atoms with E-state index in [4.69, 9.17) is 0 Å². The Morgan fingerprint density at radius 2 is 1.77 bits per heavy atom. The summed E-state index contributed by atoms with van der Waals surface area (Å²) in [6.07, 6.45) is 4.95. The lowest BCUT2D eigenvalue weighted by molar-refractivity contribution is 0.275. The van der Waals surface area contributed by atoms with Crippen molar-refractivity contribution in [2.45, 2.75) is 39.5 Å². The van der Waals surface area contributed by atoms with Crippen molar-refractivity contribution < 1.29 is 0 Å². The van der Waals surface area contributed by atoms with Gasteiger partial charge in [-0.25, -0.2) is 0 Å². The highest BCUT2D eigenvalue weighted by Gasteiger charge is 2.02. The lowest BCUT2D eigenvalue weighted by atomic mass is 10.2. The second-order valence-electron chi connectivity index (χ2n) is 3.40. The minimum Gasteiger partial charge on any atom is -0.301 e. The first-order valence-corrected chi connectivity index (χ1v) is 5.36. The maximum absolute atomic E-state index is 9.97. The van der Waals surface area contributed by atoms with Crippen LogP contribution in [0.1, 0.15) is 39.5 Å². The minimum absolute atomic E-state index is 0.437. The Bertz CT molecular complexity index is 117. The number of unbranched alkanes of at least 4 members (excludes halogenated alkanes) is 2. The van der Waals surface area contributed by atoms with Gasteiger partial charge in [0.05, 0.1) is 6.54 Å². The molecule has 0 aromatic carbocycles. The molecule has 0 heterocycles. The molecule has 0 saturated heterocycles. The molecule has 0 spiro atoms. The highest BCUT2D eigenvalue weighted by molar-refractivity contribution is 4.58. The lowest BCUT2D eigenvalue weighted by Gasteiger charge is -2.19. The number of hydrogen-bond acceptors (Lipinski definition) is 3. The van der Waals surface area contributed by atoms with E-state index in [1.165, 1.54) is 19.3 Å². The topological polar surface area (TPSA) is 32.7 Å². The van der Waals surface area contributed by atoms with Gasteiger partial charge in [0.1, 0.15) is 0 Å². The monoisotopic (exact) mass is 186 g/mol. The fourth-order valence-corrected chi connectivity index (χ4v) is 1.42. The highest BCUT2D eigenvalue weighted by Crippen LogP contribution is 1.99. The molecule has 13 heavy (non-hydrogen) atoms. The maximum atomic E-state index is 9.97. The molecule has 0 N–H and O–H groups in total. The fourth-order valence-electron chi connectivity index (χ4n) is 1.42. The number of nitrogens with zero attached hydrogens (tertiary/aromatic N) is 2. The van der Waals surface area contributed by atoms with Crippen molar-refractivity contribution in [3.05, 3.63) is 4.91 Å². The smallest absolute Gasteiger partial charge is 0.0938 e. The van der Waals surface area contributed by atoms with E-state index in [-0.39, 0.29) is 0 Å². The van der Waals surface area contributed by atoms with Crippen molar-refractivity contribution in [2.75, 3.05) is 26.2 Å². The summed E-state index contributed by atoms with van der Waals surface area (Å²) >= 11 is 0. The molecule has 0 radical (unpaired) electrons. The summed E-state index contributed by atoms with van der Waals surface area (Å²) in [6, 6.07) is 0. The Hall–Kier alpha value is -0.440. The molecule has 78 valence electrons. The number of rotatable bonds is 9. The van der Waals surface area contributed by atoms with Gasteiger partial charge in [-0.2, -0.15) is 4.91 Å². The average Bonchev–Trinajstić information content (AvgIpc) is 2.14. The van der Waals surface area contributed by atoms with Crippen LogP contribution in [0.3, 0.4) is 0 Å². The van der Waals surface area contributed by atoms with E-state index in [1.807, 2.05) is 0 Å². The Morgan fingerprint density at radius 3 is 2.31 bits per heavy atom. The van der Waals surface area contributed by atoms with E-state index < -0.39 is 0 Å². The summed E-state index contributed by atoms with van der Waals surface area (Å²) in [5.41, 5.74) is 0. The Labute approximate surface area is 81.5 Å². The van der Waals surface area contributed by atoms with Crippen LogP contribution in [0.2, 0.25) is 0 Å². The number of nitroso groups, excluding NO2 is 1. The van der Waals surface area contributed by atoms with E-state index in [0.29, 0.717) is 6.54 Å². The molecule has 0 saturated carbocycles. The standard InChI is InChI=1S/C10H22N2O/c1-3-5-6-9-12(8-4-2)10-7-11-13/h3-10H2,1-2H3. The quantitative estimate of drug-likeness (QED) is 0.409.